The van der Waals surface area contributed by atoms with Crippen molar-refractivity contribution in [1.29, 1.82) is 0 Å². The van der Waals surface area contributed by atoms with Crippen molar-refractivity contribution >= 4 is 45.0 Å². The fourth-order valence-corrected chi connectivity index (χ4v) is 5.25. The van der Waals surface area contributed by atoms with E-state index in [0.29, 0.717) is 18.2 Å². The number of halogens is 1. The van der Waals surface area contributed by atoms with Gasteiger partial charge < -0.3 is 5.32 Å². The maximum Gasteiger partial charge on any atom is 0.243 e. The molecule has 1 saturated heterocycles. The molecule has 2 heterocycles. The summed E-state index contributed by atoms with van der Waals surface area (Å²) in [4.78, 5) is 12.7. The molecule has 9 nitrogen and oxygen atoms in total. The SMILES string of the molecule is C[C@H](Sc1nnnn1C)C(=O)Nc1cc(S(=O)(=O)N2CCCCC2)ccc1Cl. The lowest BCUT2D eigenvalue weighted by Gasteiger charge is -2.26. The van der Waals surface area contributed by atoms with E-state index in [2.05, 4.69) is 20.8 Å². The molecule has 0 aliphatic carbocycles. The summed E-state index contributed by atoms with van der Waals surface area (Å²) in [5.74, 6) is -0.331. The van der Waals surface area contributed by atoms with Crippen LogP contribution in [0, 0.1) is 0 Å². The van der Waals surface area contributed by atoms with Crippen molar-refractivity contribution in [3.8, 4) is 0 Å². The third-order valence-electron chi connectivity index (χ3n) is 4.38. The van der Waals surface area contributed by atoms with E-state index in [9.17, 15) is 13.2 Å². The molecule has 1 aliphatic rings. The number of nitrogens with one attached hydrogen (secondary N) is 1. The number of amides is 1. The molecule has 12 heteroatoms. The molecule has 1 N–H and O–H groups in total. The van der Waals surface area contributed by atoms with Gasteiger partial charge in [0.2, 0.25) is 21.1 Å². The van der Waals surface area contributed by atoms with Crippen molar-refractivity contribution < 1.29 is 13.2 Å². The van der Waals surface area contributed by atoms with E-state index in [1.165, 1.54) is 38.9 Å². The lowest BCUT2D eigenvalue weighted by molar-refractivity contribution is -0.115. The molecule has 1 aliphatic heterocycles. The van der Waals surface area contributed by atoms with Gasteiger partial charge in [-0.25, -0.2) is 13.1 Å². The van der Waals surface area contributed by atoms with E-state index in [0.717, 1.165) is 19.3 Å². The third kappa shape index (κ3) is 4.65. The molecule has 0 bridgehead atoms. The van der Waals surface area contributed by atoms with Crippen LogP contribution in [-0.2, 0) is 21.9 Å². The fourth-order valence-electron chi connectivity index (χ4n) is 2.78. The van der Waals surface area contributed by atoms with Crippen molar-refractivity contribution in [3.05, 3.63) is 23.2 Å². The zero-order valence-corrected chi connectivity index (χ0v) is 17.9. The van der Waals surface area contributed by atoms with Crippen molar-refractivity contribution in [3.63, 3.8) is 0 Å². The van der Waals surface area contributed by atoms with Gasteiger partial charge in [0.25, 0.3) is 0 Å². The quantitative estimate of drug-likeness (QED) is 0.679. The summed E-state index contributed by atoms with van der Waals surface area (Å²) in [6, 6.07) is 4.36. The van der Waals surface area contributed by atoms with Crippen molar-refractivity contribution in [1.82, 2.24) is 24.5 Å². The summed E-state index contributed by atoms with van der Waals surface area (Å²) < 4.78 is 28.7. The zero-order chi connectivity index (χ0) is 20.3. The fraction of sp³-hybridized carbons (Fsp3) is 0.500. The second kappa shape index (κ2) is 8.76. The number of aryl methyl sites for hydroxylation is 1. The highest BCUT2D eigenvalue weighted by atomic mass is 35.5. The minimum atomic E-state index is -3.62. The van der Waals surface area contributed by atoms with E-state index in [1.807, 2.05) is 0 Å². The summed E-state index contributed by atoms with van der Waals surface area (Å²) >= 11 is 7.37. The number of sulfonamides is 1. The van der Waals surface area contributed by atoms with E-state index in [4.69, 9.17) is 11.6 Å². The van der Waals surface area contributed by atoms with Crippen molar-refractivity contribution in [2.45, 2.75) is 41.5 Å². The van der Waals surface area contributed by atoms with E-state index in [1.54, 1.807) is 14.0 Å². The number of hydrogen-bond acceptors (Lipinski definition) is 7. The standard InChI is InChI=1S/C16H21ClN6O3S2/c1-11(27-16-19-20-21-22(16)2)15(24)18-14-10-12(6-7-13(14)17)28(25,26)23-8-4-3-5-9-23/h6-7,10-11H,3-5,8-9H2,1-2H3,(H,18,24)/t11-/m0/s1. The number of anilines is 1. The molecule has 0 spiro atoms. The normalized spacial score (nSPS) is 16.7. The summed E-state index contributed by atoms with van der Waals surface area (Å²) in [6.45, 7) is 2.72. The largest absolute Gasteiger partial charge is 0.324 e. The first-order chi connectivity index (χ1) is 13.3. The maximum atomic E-state index is 12.9. The molecule has 0 radical (unpaired) electrons. The van der Waals surface area contributed by atoms with Crippen LogP contribution in [0.25, 0.3) is 0 Å². The molecule has 0 saturated carbocycles. The predicted molar refractivity (Wildman–Crippen MR) is 107 cm³/mol. The molecule has 3 rings (SSSR count). The van der Waals surface area contributed by atoms with Crippen LogP contribution in [0.5, 0.6) is 0 Å². The zero-order valence-electron chi connectivity index (χ0n) is 15.5. The number of tetrazole rings is 1. The van der Waals surface area contributed by atoms with Gasteiger partial charge in [-0.05, 0) is 48.4 Å². The Bertz CT molecular complexity index is 959. The second-order valence-electron chi connectivity index (χ2n) is 6.44. The monoisotopic (exact) mass is 444 g/mol. The Labute approximate surface area is 172 Å². The number of rotatable bonds is 6. The van der Waals surface area contributed by atoms with Crippen LogP contribution < -0.4 is 5.32 Å². The number of aromatic nitrogens is 4. The molecule has 1 fully saturated rings. The van der Waals surface area contributed by atoms with Crippen LogP contribution in [0.15, 0.2) is 28.3 Å². The number of thioether (sulfide) groups is 1. The Balaban J connectivity index is 1.76. The number of carbonyl (C=O) groups excluding carboxylic acids is 1. The van der Waals surface area contributed by atoms with E-state index >= 15 is 0 Å². The average molecular weight is 445 g/mol. The minimum absolute atomic E-state index is 0.118. The Kier molecular flexibility index (Phi) is 6.58. The summed E-state index contributed by atoms with van der Waals surface area (Å²) in [7, 11) is -1.94. The smallest absolute Gasteiger partial charge is 0.243 e. The molecule has 152 valence electrons. The highest BCUT2D eigenvalue weighted by molar-refractivity contribution is 8.00. The van der Waals surface area contributed by atoms with Gasteiger partial charge >= 0.3 is 0 Å². The molecule has 1 aromatic carbocycles. The Morgan fingerprint density at radius 3 is 2.64 bits per heavy atom. The maximum absolute atomic E-state index is 12.9. The lowest BCUT2D eigenvalue weighted by Crippen LogP contribution is -2.35. The topological polar surface area (TPSA) is 110 Å². The molecular formula is C16H21ClN6O3S2. The predicted octanol–water partition coefficient (Wildman–Crippen LogP) is 2.16. The van der Waals surface area contributed by atoms with Crippen LogP contribution >= 0.6 is 23.4 Å². The van der Waals surface area contributed by atoms with E-state index in [-0.39, 0.29) is 21.5 Å². The molecule has 1 atom stereocenters. The van der Waals surface area contributed by atoms with Crippen molar-refractivity contribution in [2.24, 2.45) is 7.05 Å². The third-order valence-corrected chi connectivity index (χ3v) is 7.73. The summed E-state index contributed by atoms with van der Waals surface area (Å²) in [5, 5.41) is 14.0. The van der Waals surface area contributed by atoms with Gasteiger partial charge in [-0.3, -0.25) is 4.79 Å². The first-order valence-corrected chi connectivity index (χ1v) is 11.5. The highest BCUT2D eigenvalue weighted by Gasteiger charge is 2.27. The minimum Gasteiger partial charge on any atom is -0.324 e. The van der Waals surface area contributed by atoms with Crippen molar-refractivity contribution in [2.75, 3.05) is 18.4 Å². The number of benzene rings is 1. The first kappa shape index (κ1) is 21.0. The van der Waals surface area contributed by atoms with Crippen LogP contribution in [-0.4, -0.2) is 57.2 Å². The van der Waals surface area contributed by atoms with Crippen LogP contribution in [0.1, 0.15) is 26.2 Å². The Morgan fingerprint density at radius 2 is 2.00 bits per heavy atom. The van der Waals surface area contributed by atoms with Gasteiger partial charge in [0.15, 0.2) is 0 Å². The van der Waals surface area contributed by atoms with Gasteiger partial charge in [0, 0.05) is 20.1 Å². The second-order valence-corrected chi connectivity index (χ2v) is 10.1. The summed E-state index contributed by atoms with van der Waals surface area (Å²) in [5.41, 5.74) is 0.258. The number of piperidine rings is 1. The molecule has 1 aromatic heterocycles. The first-order valence-electron chi connectivity index (χ1n) is 8.78. The van der Waals surface area contributed by atoms with Gasteiger partial charge in [0.05, 0.1) is 20.9 Å². The molecule has 28 heavy (non-hydrogen) atoms. The molecule has 2 aromatic rings. The number of hydrogen-bond donors (Lipinski definition) is 1. The summed E-state index contributed by atoms with van der Waals surface area (Å²) in [6.07, 6.45) is 2.73. The molecule has 1 amide bonds. The number of carbonyl (C=O) groups is 1. The van der Waals surface area contributed by atoms with E-state index < -0.39 is 15.3 Å². The lowest BCUT2D eigenvalue weighted by atomic mass is 10.2. The number of nitrogens with zero attached hydrogens (tertiary/aromatic N) is 5. The van der Waals surface area contributed by atoms with Gasteiger partial charge in [-0.2, -0.15) is 4.31 Å². The molecule has 0 unspecified atom stereocenters. The average Bonchev–Trinajstić information content (AvgIpc) is 3.08. The van der Waals surface area contributed by atoms with Gasteiger partial charge in [-0.1, -0.05) is 29.8 Å². The van der Waals surface area contributed by atoms with Gasteiger partial charge in [0.1, 0.15) is 0 Å². The highest BCUT2D eigenvalue weighted by Crippen LogP contribution is 2.29. The van der Waals surface area contributed by atoms with Crippen LogP contribution in [0.4, 0.5) is 5.69 Å². The Morgan fingerprint density at radius 1 is 1.29 bits per heavy atom. The van der Waals surface area contributed by atoms with Crippen LogP contribution in [0.3, 0.4) is 0 Å². The van der Waals surface area contributed by atoms with Gasteiger partial charge in [-0.15, -0.1) is 5.10 Å². The van der Waals surface area contributed by atoms with Crippen LogP contribution in [0.2, 0.25) is 5.02 Å². The Hall–Kier alpha value is -1.69. The molecular weight excluding hydrogens is 424 g/mol.